The maximum atomic E-state index is 12.4. The van der Waals surface area contributed by atoms with Gasteiger partial charge in [-0.2, -0.15) is 0 Å². The third-order valence-electron chi connectivity index (χ3n) is 4.03. The lowest BCUT2D eigenvalue weighted by atomic mass is 10.2. The highest BCUT2D eigenvalue weighted by Gasteiger charge is 2.27. The van der Waals surface area contributed by atoms with E-state index in [2.05, 4.69) is 22.5 Å². The molecule has 3 amide bonds. The molecule has 0 radical (unpaired) electrons. The summed E-state index contributed by atoms with van der Waals surface area (Å²) in [5.41, 5.74) is 1.49. The Bertz CT molecular complexity index is 530. The number of carbonyl (C=O) groups excluding carboxylic acids is 2. The second-order valence-electron chi connectivity index (χ2n) is 6.03. The highest BCUT2D eigenvalue weighted by molar-refractivity contribution is 5.94. The predicted molar refractivity (Wildman–Crippen MR) is 89.3 cm³/mol. The zero-order valence-corrected chi connectivity index (χ0v) is 14.0. The molecule has 0 spiro atoms. The van der Waals surface area contributed by atoms with Crippen molar-refractivity contribution in [3.05, 3.63) is 29.6 Å². The first-order valence-electron chi connectivity index (χ1n) is 8.36. The molecule has 23 heavy (non-hydrogen) atoms. The van der Waals surface area contributed by atoms with Crippen LogP contribution in [0.2, 0.25) is 0 Å². The zero-order valence-electron chi connectivity index (χ0n) is 14.0. The van der Waals surface area contributed by atoms with Crippen molar-refractivity contribution in [1.82, 2.24) is 20.5 Å². The Morgan fingerprint density at radius 1 is 1.35 bits per heavy atom. The summed E-state index contributed by atoms with van der Waals surface area (Å²) in [7, 11) is 0. The Kier molecular flexibility index (Phi) is 6.38. The minimum absolute atomic E-state index is 0.0172. The van der Waals surface area contributed by atoms with Crippen molar-refractivity contribution in [2.24, 2.45) is 0 Å². The molecule has 2 N–H and O–H groups in total. The van der Waals surface area contributed by atoms with Crippen LogP contribution in [0, 0.1) is 6.92 Å². The van der Waals surface area contributed by atoms with Crippen molar-refractivity contribution in [3.8, 4) is 0 Å². The van der Waals surface area contributed by atoms with Crippen LogP contribution in [0.25, 0.3) is 0 Å². The fraction of sp³-hybridized carbons (Fsp3) is 0.588. The monoisotopic (exact) mass is 318 g/mol. The van der Waals surface area contributed by atoms with Gasteiger partial charge in [-0.25, -0.2) is 4.79 Å². The van der Waals surface area contributed by atoms with E-state index >= 15 is 0 Å². The summed E-state index contributed by atoms with van der Waals surface area (Å²) >= 11 is 0. The first kappa shape index (κ1) is 17.2. The highest BCUT2D eigenvalue weighted by Crippen LogP contribution is 2.13. The molecule has 6 heteroatoms. The number of aryl methyl sites for hydroxylation is 1. The van der Waals surface area contributed by atoms with Crippen LogP contribution in [-0.4, -0.2) is 47.5 Å². The Labute approximate surface area is 137 Å². The lowest BCUT2D eigenvalue weighted by Crippen LogP contribution is -2.44. The fourth-order valence-electron chi connectivity index (χ4n) is 2.65. The summed E-state index contributed by atoms with van der Waals surface area (Å²) < 4.78 is 0. The number of pyridine rings is 1. The number of amides is 3. The number of likely N-dealkylation sites (tertiary alicyclic amines) is 1. The lowest BCUT2D eigenvalue weighted by Gasteiger charge is -2.17. The van der Waals surface area contributed by atoms with E-state index < -0.39 is 0 Å². The second kappa shape index (κ2) is 8.50. The molecule has 2 heterocycles. The van der Waals surface area contributed by atoms with E-state index in [-0.39, 0.29) is 18.0 Å². The number of hydrogen-bond donors (Lipinski definition) is 2. The Balaban J connectivity index is 1.76. The van der Waals surface area contributed by atoms with Crippen LogP contribution in [0.15, 0.2) is 18.3 Å². The van der Waals surface area contributed by atoms with Crippen LogP contribution >= 0.6 is 0 Å². The standard InChI is InChI=1S/C17H26N4O2/c1-3-4-5-9-18-17(23)20-15-8-10-21(12-15)16(22)14-7-6-13(2)19-11-14/h6-7,11,15H,3-5,8-10,12H2,1-2H3,(H2,18,20,23)/t15-/m1/s1. The van der Waals surface area contributed by atoms with Gasteiger partial charge in [-0.15, -0.1) is 0 Å². The third kappa shape index (κ3) is 5.23. The van der Waals surface area contributed by atoms with Crippen molar-refractivity contribution in [1.29, 1.82) is 0 Å². The highest BCUT2D eigenvalue weighted by atomic mass is 16.2. The number of unbranched alkanes of at least 4 members (excludes halogenated alkanes) is 2. The zero-order chi connectivity index (χ0) is 16.7. The van der Waals surface area contributed by atoms with E-state index in [1.54, 1.807) is 17.2 Å². The molecule has 126 valence electrons. The summed E-state index contributed by atoms with van der Waals surface area (Å²) in [6, 6.07) is 3.51. The van der Waals surface area contributed by atoms with Gasteiger partial charge in [0.05, 0.1) is 5.56 Å². The summed E-state index contributed by atoms with van der Waals surface area (Å²) in [6.45, 7) is 5.93. The third-order valence-corrected chi connectivity index (χ3v) is 4.03. The van der Waals surface area contributed by atoms with Gasteiger partial charge in [0.25, 0.3) is 5.91 Å². The molecular weight excluding hydrogens is 292 g/mol. The average molecular weight is 318 g/mol. The lowest BCUT2D eigenvalue weighted by molar-refractivity contribution is 0.0789. The smallest absolute Gasteiger partial charge is 0.315 e. The number of nitrogens with one attached hydrogen (secondary N) is 2. The number of urea groups is 1. The molecule has 1 saturated heterocycles. The minimum Gasteiger partial charge on any atom is -0.338 e. The SMILES string of the molecule is CCCCCNC(=O)N[C@@H]1CCN(C(=O)c2ccc(C)nc2)C1. The van der Waals surface area contributed by atoms with Gasteiger partial charge in [0.1, 0.15) is 0 Å². The molecule has 6 nitrogen and oxygen atoms in total. The maximum Gasteiger partial charge on any atom is 0.315 e. The molecule has 1 aliphatic heterocycles. The van der Waals surface area contributed by atoms with Crippen LogP contribution in [0.5, 0.6) is 0 Å². The normalized spacial score (nSPS) is 17.1. The second-order valence-corrected chi connectivity index (χ2v) is 6.03. The summed E-state index contributed by atoms with van der Waals surface area (Å²) in [4.78, 5) is 30.1. The molecular formula is C17H26N4O2. The Morgan fingerprint density at radius 2 is 2.17 bits per heavy atom. The summed E-state index contributed by atoms with van der Waals surface area (Å²) in [5, 5.41) is 5.80. The predicted octanol–water partition coefficient (Wildman–Crippen LogP) is 2.09. The molecule has 1 aliphatic rings. The first-order chi connectivity index (χ1) is 11.1. The summed E-state index contributed by atoms with van der Waals surface area (Å²) in [6.07, 6.45) is 5.65. The van der Waals surface area contributed by atoms with Crippen molar-refractivity contribution in [2.45, 2.75) is 45.6 Å². The van der Waals surface area contributed by atoms with E-state index in [1.807, 2.05) is 13.0 Å². The largest absolute Gasteiger partial charge is 0.338 e. The van der Waals surface area contributed by atoms with Gasteiger partial charge in [-0.3, -0.25) is 9.78 Å². The Hall–Kier alpha value is -2.11. The molecule has 1 atom stereocenters. The van der Waals surface area contributed by atoms with Crippen LogP contribution in [0.3, 0.4) is 0 Å². The first-order valence-corrected chi connectivity index (χ1v) is 8.36. The minimum atomic E-state index is -0.141. The van der Waals surface area contributed by atoms with Crippen LogP contribution in [0.4, 0.5) is 4.79 Å². The number of hydrogen-bond acceptors (Lipinski definition) is 3. The fourth-order valence-corrected chi connectivity index (χ4v) is 2.65. The van der Waals surface area contributed by atoms with E-state index in [0.717, 1.165) is 31.4 Å². The molecule has 1 aromatic rings. The molecule has 0 aromatic carbocycles. The Morgan fingerprint density at radius 3 is 2.87 bits per heavy atom. The topological polar surface area (TPSA) is 74.3 Å². The van der Waals surface area contributed by atoms with E-state index in [9.17, 15) is 9.59 Å². The number of aromatic nitrogens is 1. The number of rotatable bonds is 6. The van der Waals surface area contributed by atoms with Gasteiger partial charge < -0.3 is 15.5 Å². The number of nitrogens with zero attached hydrogens (tertiary/aromatic N) is 2. The molecule has 1 fully saturated rings. The van der Waals surface area contributed by atoms with Gasteiger partial charge in [0.15, 0.2) is 0 Å². The molecule has 2 rings (SSSR count). The van der Waals surface area contributed by atoms with Crippen LogP contribution < -0.4 is 10.6 Å². The van der Waals surface area contributed by atoms with Gasteiger partial charge in [0, 0.05) is 37.6 Å². The van der Waals surface area contributed by atoms with E-state index in [0.29, 0.717) is 25.2 Å². The van der Waals surface area contributed by atoms with Gasteiger partial charge in [-0.1, -0.05) is 19.8 Å². The summed E-state index contributed by atoms with van der Waals surface area (Å²) in [5.74, 6) is -0.0230. The molecule has 0 aliphatic carbocycles. The maximum absolute atomic E-state index is 12.4. The van der Waals surface area contributed by atoms with Gasteiger partial charge in [0.2, 0.25) is 0 Å². The average Bonchev–Trinajstić information content (AvgIpc) is 3.00. The van der Waals surface area contributed by atoms with Gasteiger partial charge in [-0.05, 0) is 31.9 Å². The van der Waals surface area contributed by atoms with Crippen LogP contribution in [0.1, 0.15) is 48.7 Å². The van der Waals surface area contributed by atoms with Crippen LogP contribution in [-0.2, 0) is 0 Å². The van der Waals surface area contributed by atoms with Crippen molar-refractivity contribution in [2.75, 3.05) is 19.6 Å². The van der Waals surface area contributed by atoms with E-state index in [4.69, 9.17) is 0 Å². The quantitative estimate of drug-likeness (QED) is 0.789. The van der Waals surface area contributed by atoms with Gasteiger partial charge >= 0.3 is 6.03 Å². The number of carbonyl (C=O) groups is 2. The molecule has 0 saturated carbocycles. The molecule has 0 bridgehead atoms. The van der Waals surface area contributed by atoms with Crippen molar-refractivity contribution < 1.29 is 9.59 Å². The van der Waals surface area contributed by atoms with Crippen molar-refractivity contribution >= 4 is 11.9 Å². The molecule has 0 unspecified atom stereocenters. The van der Waals surface area contributed by atoms with Crippen molar-refractivity contribution in [3.63, 3.8) is 0 Å². The van der Waals surface area contributed by atoms with E-state index in [1.165, 1.54) is 0 Å². The molecule has 1 aromatic heterocycles.